The van der Waals surface area contributed by atoms with Crippen molar-refractivity contribution in [2.24, 2.45) is 0 Å². The lowest BCUT2D eigenvalue weighted by Gasteiger charge is -2.07. The van der Waals surface area contributed by atoms with Gasteiger partial charge in [-0.2, -0.15) is 10.2 Å². The average molecular weight is 217 g/mol. The monoisotopic (exact) mass is 217 g/mol. The second-order valence-electron chi connectivity index (χ2n) is 3.64. The van der Waals surface area contributed by atoms with Gasteiger partial charge in [0.2, 0.25) is 0 Å². The van der Waals surface area contributed by atoms with Gasteiger partial charge in [-0.15, -0.1) is 10.2 Å². The predicted octanol–water partition coefficient (Wildman–Crippen LogP) is 1.63. The van der Waals surface area contributed by atoms with Crippen LogP contribution >= 0.6 is 0 Å². The maximum Gasteiger partial charge on any atom is 0.165 e. The van der Waals surface area contributed by atoms with Gasteiger partial charge in [-0.25, -0.2) is 0 Å². The molecule has 2 heterocycles. The van der Waals surface area contributed by atoms with Crippen molar-refractivity contribution in [3.63, 3.8) is 0 Å². The Morgan fingerprint density at radius 3 is 2.69 bits per heavy atom. The Morgan fingerprint density at radius 2 is 2.00 bits per heavy atom. The predicted molar refractivity (Wildman–Crippen MR) is 60.8 cm³/mol. The van der Waals surface area contributed by atoms with Crippen molar-refractivity contribution in [1.82, 2.24) is 25.0 Å². The van der Waals surface area contributed by atoms with E-state index in [4.69, 9.17) is 0 Å². The van der Waals surface area contributed by atoms with Gasteiger partial charge < -0.3 is 4.57 Å². The minimum Gasteiger partial charge on any atom is -0.314 e. The molecule has 0 fully saturated rings. The lowest BCUT2D eigenvalue weighted by Crippen LogP contribution is -2.02. The first kappa shape index (κ1) is 10.7. The summed E-state index contributed by atoms with van der Waals surface area (Å²) in [4.78, 5) is 0. The number of rotatable bonds is 3. The summed E-state index contributed by atoms with van der Waals surface area (Å²) in [6.07, 6.45) is 2.59. The van der Waals surface area contributed by atoms with Gasteiger partial charge in [0.15, 0.2) is 5.82 Å². The summed E-state index contributed by atoms with van der Waals surface area (Å²) in [6.45, 7) is 6.92. The van der Waals surface area contributed by atoms with Crippen LogP contribution in [0.15, 0.2) is 12.4 Å². The number of aromatic nitrogens is 5. The molecule has 0 saturated carbocycles. The molecule has 0 aliphatic carbocycles. The van der Waals surface area contributed by atoms with Gasteiger partial charge in [0.05, 0.1) is 11.4 Å². The fraction of sp³-hybridized carbons (Fsp3) is 0.455. The van der Waals surface area contributed by atoms with E-state index in [-0.39, 0.29) is 0 Å². The van der Waals surface area contributed by atoms with E-state index < -0.39 is 0 Å². The smallest absolute Gasteiger partial charge is 0.165 e. The highest BCUT2D eigenvalue weighted by molar-refractivity contribution is 5.58. The average Bonchev–Trinajstić information content (AvgIpc) is 2.76. The lowest BCUT2D eigenvalue weighted by molar-refractivity contribution is 0.762. The molecule has 0 aliphatic heterocycles. The summed E-state index contributed by atoms with van der Waals surface area (Å²) >= 11 is 0. The Kier molecular flexibility index (Phi) is 2.94. The maximum absolute atomic E-state index is 4.20. The van der Waals surface area contributed by atoms with Crippen molar-refractivity contribution >= 4 is 0 Å². The number of nitrogens with zero attached hydrogens (tertiary/aromatic N) is 5. The third kappa shape index (κ3) is 1.80. The Labute approximate surface area is 94.5 Å². The van der Waals surface area contributed by atoms with E-state index in [1.165, 1.54) is 0 Å². The molecule has 0 saturated heterocycles. The summed E-state index contributed by atoms with van der Waals surface area (Å²) < 4.78 is 2.01. The number of hydrogen-bond acceptors (Lipinski definition) is 4. The van der Waals surface area contributed by atoms with Crippen molar-refractivity contribution in [3.8, 4) is 11.4 Å². The SMILES string of the molecule is CCc1nnc(C)cc1-c1nncn1CC. The highest BCUT2D eigenvalue weighted by Crippen LogP contribution is 2.20. The molecule has 2 aromatic heterocycles. The molecule has 2 rings (SSSR count). The Balaban J connectivity index is 2.58. The van der Waals surface area contributed by atoms with Crippen LogP contribution in [0.3, 0.4) is 0 Å². The molecule has 0 aliphatic rings. The minimum absolute atomic E-state index is 0.846. The Morgan fingerprint density at radius 1 is 1.19 bits per heavy atom. The lowest BCUT2D eigenvalue weighted by atomic mass is 10.1. The first-order chi connectivity index (χ1) is 7.76. The molecule has 0 amide bonds. The van der Waals surface area contributed by atoms with Gasteiger partial charge in [-0.1, -0.05) is 6.92 Å². The van der Waals surface area contributed by atoms with Gasteiger partial charge in [-0.3, -0.25) is 0 Å². The number of hydrogen-bond donors (Lipinski definition) is 0. The summed E-state index contributed by atoms with van der Waals surface area (Å²) in [5, 5.41) is 16.4. The van der Waals surface area contributed by atoms with Crippen LogP contribution in [0.2, 0.25) is 0 Å². The second-order valence-corrected chi connectivity index (χ2v) is 3.64. The first-order valence-corrected chi connectivity index (χ1v) is 5.47. The van der Waals surface area contributed by atoms with Crippen molar-refractivity contribution in [2.75, 3.05) is 0 Å². The van der Waals surface area contributed by atoms with Crippen LogP contribution < -0.4 is 0 Å². The summed E-state index contributed by atoms with van der Waals surface area (Å²) in [5.74, 6) is 0.873. The molecule has 2 aromatic rings. The van der Waals surface area contributed by atoms with Gasteiger partial charge in [-0.05, 0) is 26.3 Å². The zero-order chi connectivity index (χ0) is 11.5. The fourth-order valence-corrected chi connectivity index (χ4v) is 1.66. The Bertz CT molecular complexity index is 489. The molecule has 0 spiro atoms. The third-order valence-electron chi connectivity index (χ3n) is 2.52. The molecule has 0 atom stereocenters. The third-order valence-corrected chi connectivity index (χ3v) is 2.52. The normalized spacial score (nSPS) is 10.7. The molecule has 0 radical (unpaired) electrons. The second kappa shape index (κ2) is 4.38. The van der Waals surface area contributed by atoms with Gasteiger partial charge in [0, 0.05) is 12.1 Å². The molecule has 0 aromatic carbocycles. The van der Waals surface area contributed by atoms with E-state index in [1.54, 1.807) is 6.33 Å². The minimum atomic E-state index is 0.846. The molecule has 0 unspecified atom stereocenters. The van der Waals surface area contributed by atoms with Crippen LogP contribution in [0, 0.1) is 6.92 Å². The topological polar surface area (TPSA) is 56.5 Å². The van der Waals surface area contributed by atoms with E-state index >= 15 is 0 Å². The van der Waals surface area contributed by atoms with Crippen molar-refractivity contribution in [1.29, 1.82) is 0 Å². The number of aryl methyl sites for hydroxylation is 3. The van der Waals surface area contributed by atoms with Gasteiger partial charge in [0.1, 0.15) is 6.33 Å². The van der Waals surface area contributed by atoms with Crippen LogP contribution in [-0.4, -0.2) is 25.0 Å². The van der Waals surface area contributed by atoms with Crippen molar-refractivity contribution in [3.05, 3.63) is 23.8 Å². The molecule has 16 heavy (non-hydrogen) atoms. The zero-order valence-electron chi connectivity index (χ0n) is 9.80. The largest absolute Gasteiger partial charge is 0.314 e. The summed E-state index contributed by atoms with van der Waals surface area (Å²) in [5.41, 5.74) is 2.90. The molecular weight excluding hydrogens is 202 g/mol. The molecule has 0 bridgehead atoms. The zero-order valence-corrected chi connectivity index (χ0v) is 9.80. The fourth-order valence-electron chi connectivity index (χ4n) is 1.66. The van der Waals surface area contributed by atoms with Crippen LogP contribution in [0.1, 0.15) is 25.2 Å². The van der Waals surface area contributed by atoms with Crippen LogP contribution in [0.5, 0.6) is 0 Å². The van der Waals surface area contributed by atoms with Crippen molar-refractivity contribution in [2.45, 2.75) is 33.7 Å². The highest BCUT2D eigenvalue weighted by atomic mass is 15.3. The summed E-state index contributed by atoms with van der Waals surface area (Å²) in [7, 11) is 0. The quantitative estimate of drug-likeness (QED) is 0.784. The summed E-state index contributed by atoms with van der Waals surface area (Å²) in [6, 6.07) is 2.02. The van der Waals surface area contributed by atoms with E-state index in [0.29, 0.717) is 0 Å². The van der Waals surface area contributed by atoms with Crippen molar-refractivity contribution < 1.29 is 0 Å². The molecular formula is C11H15N5. The highest BCUT2D eigenvalue weighted by Gasteiger charge is 2.12. The van der Waals surface area contributed by atoms with Gasteiger partial charge in [0.25, 0.3) is 0 Å². The molecule has 0 N–H and O–H groups in total. The molecule has 5 nitrogen and oxygen atoms in total. The van der Waals surface area contributed by atoms with E-state index in [1.807, 2.05) is 17.6 Å². The molecule has 5 heteroatoms. The Hall–Kier alpha value is -1.78. The van der Waals surface area contributed by atoms with Crippen LogP contribution in [-0.2, 0) is 13.0 Å². The standard InChI is InChI=1S/C11H15N5/c1-4-10-9(6-8(3)13-14-10)11-15-12-7-16(11)5-2/h6-7H,4-5H2,1-3H3. The van der Waals surface area contributed by atoms with Crippen LogP contribution in [0.25, 0.3) is 11.4 Å². The first-order valence-electron chi connectivity index (χ1n) is 5.47. The van der Waals surface area contributed by atoms with E-state index in [9.17, 15) is 0 Å². The maximum atomic E-state index is 4.20. The van der Waals surface area contributed by atoms with Crippen LogP contribution in [0.4, 0.5) is 0 Å². The van der Waals surface area contributed by atoms with Gasteiger partial charge >= 0.3 is 0 Å². The van der Waals surface area contributed by atoms with E-state index in [2.05, 4.69) is 34.2 Å². The van der Waals surface area contributed by atoms with E-state index in [0.717, 1.165) is 35.7 Å². The molecule has 84 valence electrons.